The Kier molecular flexibility index (Phi) is 7.35. The smallest absolute Gasteiger partial charge is 0.276 e. The van der Waals surface area contributed by atoms with E-state index in [2.05, 4.69) is 20.6 Å². The number of benzene rings is 3. The van der Waals surface area contributed by atoms with E-state index in [1.54, 1.807) is 0 Å². The molecule has 1 aliphatic rings. The van der Waals surface area contributed by atoms with Crippen molar-refractivity contribution in [1.82, 2.24) is 20.0 Å². The molecule has 0 bridgehead atoms. The van der Waals surface area contributed by atoms with Gasteiger partial charge >= 0.3 is 0 Å². The number of nitrogens with one attached hydrogen (secondary N) is 3. The van der Waals surface area contributed by atoms with Crippen LogP contribution >= 0.6 is 0 Å². The van der Waals surface area contributed by atoms with Gasteiger partial charge in [0, 0.05) is 17.1 Å². The Morgan fingerprint density at radius 1 is 1.11 bits per heavy atom. The van der Waals surface area contributed by atoms with Crippen LogP contribution in [-0.2, 0) is 23.0 Å². The summed E-state index contributed by atoms with van der Waals surface area (Å²) in [5, 5.41) is 31.8. The molecule has 11 nitrogen and oxygen atoms in total. The maximum atomic E-state index is 15.7. The number of aliphatic hydroxyl groups excluding tert-OH is 2. The number of aliphatic hydroxyl groups is 2. The minimum absolute atomic E-state index is 0.00804. The first-order valence-electron chi connectivity index (χ1n) is 13.1. The van der Waals surface area contributed by atoms with E-state index in [-0.39, 0.29) is 59.4 Å². The topological polar surface area (TPSA) is 162 Å². The molecule has 1 aliphatic carbocycles. The number of H-pyrrole nitrogens is 1. The highest BCUT2D eigenvalue weighted by Crippen LogP contribution is 2.39. The van der Waals surface area contributed by atoms with Crippen molar-refractivity contribution < 1.29 is 41.0 Å². The second kappa shape index (κ2) is 11.0. The van der Waals surface area contributed by atoms with Gasteiger partial charge in [0.1, 0.15) is 17.2 Å². The van der Waals surface area contributed by atoms with Crippen molar-refractivity contribution in [2.75, 3.05) is 16.6 Å². The van der Waals surface area contributed by atoms with E-state index in [4.69, 9.17) is 5.11 Å². The molecular weight excluding hydrogens is 608 g/mol. The second-order valence-corrected chi connectivity index (χ2v) is 11.7. The minimum atomic E-state index is -4.63. The monoisotopic (exact) mass is 630 g/mol. The van der Waals surface area contributed by atoms with Gasteiger partial charge < -0.3 is 15.5 Å². The molecule has 44 heavy (non-hydrogen) atoms. The quantitative estimate of drug-likeness (QED) is 0.162. The van der Waals surface area contributed by atoms with Crippen LogP contribution in [0.4, 0.5) is 28.9 Å². The molecule has 1 atom stereocenters. The summed E-state index contributed by atoms with van der Waals surface area (Å²) in [5.74, 6) is -5.49. The Labute approximate surface area is 246 Å². The molecule has 5 aromatic rings. The molecule has 1 unspecified atom stereocenters. The average molecular weight is 631 g/mol. The number of aromatic amines is 1. The van der Waals surface area contributed by atoms with Gasteiger partial charge in [-0.3, -0.25) is 19.3 Å². The first-order valence-corrected chi connectivity index (χ1v) is 14.6. The lowest BCUT2D eigenvalue weighted by Gasteiger charge is -2.15. The van der Waals surface area contributed by atoms with Crippen LogP contribution in [0.1, 0.15) is 34.1 Å². The first kappa shape index (κ1) is 29.3. The van der Waals surface area contributed by atoms with Crippen LogP contribution in [0.3, 0.4) is 0 Å². The Morgan fingerprint density at radius 3 is 2.68 bits per heavy atom. The van der Waals surface area contributed by atoms with Crippen LogP contribution in [0.5, 0.6) is 0 Å². The van der Waals surface area contributed by atoms with Crippen molar-refractivity contribution in [2.45, 2.75) is 30.4 Å². The molecule has 2 heterocycles. The van der Waals surface area contributed by atoms with Crippen LogP contribution in [0.25, 0.3) is 22.0 Å². The summed E-state index contributed by atoms with van der Waals surface area (Å²) >= 11 is 0. The fourth-order valence-corrected chi connectivity index (χ4v) is 6.58. The molecule has 2 aromatic heterocycles. The number of hydrogen-bond acceptors (Lipinski definition) is 7. The highest BCUT2D eigenvalue weighted by atomic mass is 32.2. The zero-order valence-electron chi connectivity index (χ0n) is 22.4. The third-order valence-electron chi connectivity index (χ3n) is 7.24. The second-order valence-electron chi connectivity index (χ2n) is 10.0. The van der Waals surface area contributed by atoms with Gasteiger partial charge in [-0.2, -0.15) is 10.2 Å². The van der Waals surface area contributed by atoms with E-state index < -0.39 is 67.0 Å². The van der Waals surface area contributed by atoms with Gasteiger partial charge in [0.25, 0.3) is 15.9 Å². The lowest BCUT2D eigenvalue weighted by atomic mass is 10.0. The van der Waals surface area contributed by atoms with Crippen molar-refractivity contribution in [3.05, 3.63) is 88.9 Å². The fraction of sp³-hybridized carbons (Fsp3) is 0.179. The zero-order valence-corrected chi connectivity index (χ0v) is 23.2. The minimum Gasteiger partial charge on any atom is -0.394 e. The zero-order chi connectivity index (χ0) is 31.3. The molecule has 3 aromatic carbocycles. The molecule has 16 heteroatoms. The Morgan fingerprint density at radius 2 is 1.91 bits per heavy atom. The average Bonchev–Trinajstić information content (AvgIpc) is 3.70. The Bertz CT molecular complexity index is 2060. The fourth-order valence-electron chi connectivity index (χ4n) is 5.22. The molecule has 0 fully saturated rings. The normalized spacial score (nSPS) is 14.6. The number of rotatable bonds is 8. The van der Waals surface area contributed by atoms with Gasteiger partial charge in [-0.05, 0) is 54.3 Å². The number of amides is 1. The van der Waals surface area contributed by atoms with Crippen molar-refractivity contribution in [1.29, 1.82) is 0 Å². The van der Waals surface area contributed by atoms with E-state index in [9.17, 15) is 27.1 Å². The predicted octanol–water partition coefficient (Wildman–Crippen LogP) is 4.01. The summed E-state index contributed by atoms with van der Waals surface area (Å²) < 4.78 is 90.5. The molecule has 1 amide bonds. The summed E-state index contributed by atoms with van der Waals surface area (Å²) in [6.45, 7) is 0.0261. The van der Waals surface area contributed by atoms with Crippen LogP contribution in [-0.4, -0.2) is 51.1 Å². The number of aromatic nitrogens is 4. The van der Waals surface area contributed by atoms with E-state index in [1.165, 1.54) is 23.1 Å². The van der Waals surface area contributed by atoms with Crippen molar-refractivity contribution in [2.24, 2.45) is 0 Å². The standard InChI is InChI=1S/C28H22F4N6O5S/c29-13-9-18-15(3-6-21(18)40)22(10-13)44(42,43)37-20-5-4-19(30)23(25(20)32)16-1-2-17-26(24(16)31)35-36-27(17)28(41)34-14-11-33-38(12-14)7-8-39/h1-2,4-5,9-12,21,37,39-40H,3,6-8H2,(H,34,41)(H,35,36). The Hall–Kier alpha value is -4.80. The summed E-state index contributed by atoms with van der Waals surface area (Å²) in [6.07, 6.45) is 2.03. The highest BCUT2D eigenvalue weighted by molar-refractivity contribution is 7.92. The number of hydrogen-bond donors (Lipinski definition) is 5. The van der Waals surface area contributed by atoms with Crippen LogP contribution in [0.15, 0.2) is 53.7 Å². The molecular formula is C28H22F4N6O5S. The third kappa shape index (κ3) is 5.06. The van der Waals surface area contributed by atoms with Gasteiger partial charge in [-0.15, -0.1) is 0 Å². The lowest BCUT2D eigenvalue weighted by Crippen LogP contribution is -2.17. The number of fused-ring (bicyclic) bond motifs is 2. The summed E-state index contributed by atoms with van der Waals surface area (Å²) in [4.78, 5) is 12.3. The largest absolute Gasteiger partial charge is 0.394 e. The number of anilines is 2. The summed E-state index contributed by atoms with van der Waals surface area (Å²) in [5.41, 5.74) is -2.25. The summed E-state index contributed by atoms with van der Waals surface area (Å²) in [7, 11) is -4.63. The highest BCUT2D eigenvalue weighted by Gasteiger charge is 2.31. The van der Waals surface area contributed by atoms with E-state index in [1.807, 2.05) is 4.72 Å². The van der Waals surface area contributed by atoms with Gasteiger partial charge in [-0.25, -0.2) is 26.0 Å². The van der Waals surface area contributed by atoms with Gasteiger partial charge in [0.2, 0.25) is 0 Å². The molecule has 5 N–H and O–H groups in total. The molecule has 228 valence electrons. The molecule has 0 spiro atoms. The third-order valence-corrected chi connectivity index (χ3v) is 8.67. The molecule has 0 radical (unpaired) electrons. The number of nitrogens with zero attached hydrogens (tertiary/aromatic N) is 3. The van der Waals surface area contributed by atoms with Gasteiger partial charge in [0.15, 0.2) is 17.3 Å². The maximum Gasteiger partial charge on any atom is 0.276 e. The van der Waals surface area contributed by atoms with E-state index in [0.717, 1.165) is 30.3 Å². The Balaban J connectivity index is 1.33. The molecule has 6 rings (SSSR count). The molecule has 0 aliphatic heterocycles. The van der Waals surface area contributed by atoms with Gasteiger partial charge in [-0.1, -0.05) is 6.07 Å². The lowest BCUT2D eigenvalue weighted by molar-refractivity contribution is 0.102. The number of halogens is 4. The van der Waals surface area contributed by atoms with Crippen LogP contribution in [0.2, 0.25) is 0 Å². The molecule has 0 saturated heterocycles. The van der Waals surface area contributed by atoms with E-state index >= 15 is 8.78 Å². The van der Waals surface area contributed by atoms with Gasteiger partial charge in [0.05, 0.1) is 47.3 Å². The molecule has 0 saturated carbocycles. The van der Waals surface area contributed by atoms with E-state index in [0.29, 0.717) is 0 Å². The first-order chi connectivity index (χ1) is 21.0. The predicted molar refractivity (Wildman–Crippen MR) is 149 cm³/mol. The SMILES string of the molecule is O=C(Nc1cnn(CCO)c1)c1n[nH]c2c(F)c(-c3c(F)ccc(NS(=O)(=O)c4cc(F)cc5c4CCC5O)c3F)ccc12. The number of carbonyl (C=O) groups is 1. The number of sulfonamides is 1. The van der Waals surface area contributed by atoms with Crippen molar-refractivity contribution >= 4 is 38.2 Å². The maximum absolute atomic E-state index is 15.7. The van der Waals surface area contributed by atoms with Crippen LogP contribution < -0.4 is 10.0 Å². The van der Waals surface area contributed by atoms with Crippen LogP contribution in [0, 0.1) is 23.3 Å². The van der Waals surface area contributed by atoms with Crippen molar-refractivity contribution in [3.63, 3.8) is 0 Å². The summed E-state index contributed by atoms with van der Waals surface area (Å²) in [6, 6.07) is 5.55. The van der Waals surface area contributed by atoms with Crippen molar-refractivity contribution in [3.8, 4) is 11.1 Å². The number of carbonyl (C=O) groups excluding carboxylic acids is 1.